The summed E-state index contributed by atoms with van der Waals surface area (Å²) < 4.78 is 5.75. The molecule has 250 valence electrons. The predicted molar refractivity (Wildman–Crippen MR) is 186 cm³/mol. The van der Waals surface area contributed by atoms with Crippen LogP contribution in [0.1, 0.15) is 194 Å². The third-order valence-electron chi connectivity index (χ3n) is 8.16. The second-order valence-electron chi connectivity index (χ2n) is 12.4. The molecule has 0 rings (SSSR count). The first-order valence-electron chi connectivity index (χ1n) is 18.5. The Morgan fingerprint density at radius 1 is 0.535 bits per heavy atom. The van der Waals surface area contributed by atoms with E-state index < -0.39 is 5.97 Å². The first-order valence-corrected chi connectivity index (χ1v) is 18.5. The lowest BCUT2D eigenvalue weighted by atomic mass is 10.0. The lowest BCUT2D eigenvalue weighted by Gasteiger charge is -2.16. The first kappa shape index (κ1) is 41.2. The van der Waals surface area contributed by atoms with E-state index in [1.165, 1.54) is 109 Å². The number of carbonyl (C=O) groups is 2. The van der Waals surface area contributed by atoms with E-state index in [9.17, 15) is 9.59 Å². The molecule has 0 aromatic heterocycles. The standard InChI is InChI=1S/C39H70O4/c1-3-5-6-7-8-9-10-11-12-13-14-15-16-17-18-19-20-24-27-30-33-36-39(42)43-37(4-2)34-31-28-25-22-21-23-26-29-32-35-38(40)41/h8-9,11-12,17-18,37H,3-7,10,13-16,19-36H2,1-2H3,(H,40,41)/b9-8-,12-11-,18-17-. The molecule has 0 aliphatic carbocycles. The van der Waals surface area contributed by atoms with Gasteiger partial charge in [-0.15, -0.1) is 0 Å². The van der Waals surface area contributed by atoms with Gasteiger partial charge in [-0.05, 0) is 89.9 Å². The van der Waals surface area contributed by atoms with Crippen molar-refractivity contribution in [1.82, 2.24) is 0 Å². The molecule has 1 unspecified atom stereocenters. The Balaban J connectivity index is 3.48. The van der Waals surface area contributed by atoms with Crippen molar-refractivity contribution in [2.75, 3.05) is 0 Å². The fourth-order valence-electron chi connectivity index (χ4n) is 5.32. The summed E-state index contributed by atoms with van der Waals surface area (Å²) in [4.78, 5) is 22.8. The van der Waals surface area contributed by atoms with Crippen LogP contribution >= 0.6 is 0 Å². The highest BCUT2D eigenvalue weighted by molar-refractivity contribution is 5.69. The molecule has 0 amide bonds. The quantitative estimate of drug-likeness (QED) is 0.0461. The molecule has 0 radical (unpaired) electrons. The fourth-order valence-corrected chi connectivity index (χ4v) is 5.32. The zero-order valence-corrected chi connectivity index (χ0v) is 28.5. The smallest absolute Gasteiger partial charge is 0.306 e. The van der Waals surface area contributed by atoms with Gasteiger partial charge in [0.1, 0.15) is 6.10 Å². The number of carbonyl (C=O) groups excluding carboxylic acids is 1. The highest BCUT2D eigenvalue weighted by Crippen LogP contribution is 2.16. The van der Waals surface area contributed by atoms with Gasteiger partial charge in [0, 0.05) is 12.8 Å². The van der Waals surface area contributed by atoms with E-state index in [0.717, 1.165) is 57.8 Å². The summed E-state index contributed by atoms with van der Waals surface area (Å²) in [6.07, 6.45) is 45.3. The van der Waals surface area contributed by atoms with Crippen LogP contribution in [0, 0.1) is 0 Å². The molecule has 0 aliphatic rings. The number of hydrogen-bond donors (Lipinski definition) is 1. The molecule has 4 nitrogen and oxygen atoms in total. The van der Waals surface area contributed by atoms with Gasteiger partial charge in [0.2, 0.25) is 0 Å². The lowest BCUT2D eigenvalue weighted by molar-refractivity contribution is -0.149. The van der Waals surface area contributed by atoms with E-state index in [1.54, 1.807) is 0 Å². The number of esters is 1. The molecule has 0 bridgehead atoms. The van der Waals surface area contributed by atoms with E-state index >= 15 is 0 Å². The predicted octanol–water partition coefficient (Wildman–Crippen LogP) is 12.6. The zero-order valence-electron chi connectivity index (χ0n) is 28.5. The molecule has 0 heterocycles. The Morgan fingerprint density at radius 2 is 0.953 bits per heavy atom. The molecule has 4 heteroatoms. The molecule has 0 fully saturated rings. The van der Waals surface area contributed by atoms with E-state index in [0.29, 0.717) is 12.8 Å². The molecule has 0 saturated heterocycles. The second-order valence-corrected chi connectivity index (χ2v) is 12.4. The minimum atomic E-state index is -0.683. The zero-order chi connectivity index (χ0) is 31.5. The Bertz CT molecular complexity index is 693. The summed E-state index contributed by atoms with van der Waals surface area (Å²) >= 11 is 0. The second kappa shape index (κ2) is 34.6. The Kier molecular flexibility index (Phi) is 33.2. The van der Waals surface area contributed by atoms with Gasteiger partial charge in [-0.25, -0.2) is 0 Å². The Morgan fingerprint density at radius 3 is 1.47 bits per heavy atom. The van der Waals surface area contributed by atoms with E-state index in [1.807, 2.05) is 0 Å². The number of carboxylic acid groups (broad SMARTS) is 1. The maximum absolute atomic E-state index is 12.3. The summed E-state index contributed by atoms with van der Waals surface area (Å²) in [5.41, 5.74) is 0. The molecule has 1 N–H and O–H groups in total. The van der Waals surface area contributed by atoms with Crippen molar-refractivity contribution in [2.24, 2.45) is 0 Å². The number of rotatable bonds is 33. The summed E-state index contributed by atoms with van der Waals surface area (Å²) in [7, 11) is 0. The molecular formula is C39H70O4. The van der Waals surface area contributed by atoms with Crippen molar-refractivity contribution in [2.45, 2.75) is 200 Å². The summed E-state index contributed by atoms with van der Waals surface area (Å²) in [6, 6.07) is 0. The molecule has 1 atom stereocenters. The molecule has 0 spiro atoms. The van der Waals surface area contributed by atoms with Gasteiger partial charge in [-0.3, -0.25) is 9.59 Å². The van der Waals surface area contributed by atoms with Crippen LogP contribution in [0.15, 0.2) is 36.5 Å². The van der Waals surface area contributed by atoms with Crippen LogP contribution in [-0.4, -0.2) is 23.1 Å². The van der Waals surface area contributed by atoms with Crippen LogP contribution in [0.5, 0.6) is 0 Å². The van der Waals surface area contributed by atoms with Gasteiger partial charge >= 0.3 is 11.9 Å². The van der Waals surface area contributed by atoms with Gasteiger partial charge < -0.3 is 9.84 Å². The number of allylic oxidation sites excluding steroid dienone is 6. The van der Waals surface area contributed by atoms with Crippen molar-refractivity contribution in [1.29, 1.82) is 0 Å². The van der Waals surface area contributed by atoms with Crippen LogP contribution in [0.25, 0.3) is 0 Å². The average Bonchev–Trinajstić information content (AvgIpc) is 2.99. The average molecular weight is 603 g/mol. The van der Waals surface area contributed by atoms with Crippen LogP contribution in [0.3, 0.4) is 0 Å². The molecule has 0 aromatic rings. The topological polar surface area (TPSA) is 63.6 Å². The third-order valence-corrected chi connectivity index (χ3v) is 8.16. The minimum absolute atomic E-state index is 0.0113. The maximum Gasteiger partial charge on any atom is 0.306 e. The molecular weight excluding hydrogens is 532 g/mol. The fraction of sp³-hybridized carbons (Fsp3) is 0.795. The molecule has 43 heavy (non-hydrogen) atoms. The molecule has 0 saturated carbocycles. The van der Waals surface area contributed by atoms with E-state index in [2.05, 4.69) is 50.3 Å². The summed E-state index contributed by atoms with van der Waals surface area (Å²) in [5, 5.41) is 8.66. The number of unbranched alkanes of at least 4 members (excludes halogenated alkanes) is 19. The van der Waals surface area contributed by atoms with Crippen molar-refractivity contribution >= 4 is 11.9 Å². The van der Waals surface area contributed by atoms with E-state index in [-0.39, 0.29) is 12.1 Å². The van der Waals surface area contributed by atoms with Crippen LogP contribution in [0.2, 0.25) is 0 Å². The monoisotopic (exact) mass is 603 g/mol. The van der Waals surface area contributed by atoms with Crippen LogP contribution in [0.4, 0.5) is 0 Å². The van der Waals surface area contributed by atoms with E-state index in [4.69, 9.17) is 9.84 Å². The number of ether oxygens (including phenoxy) is 1. The molecule has 0 aromatic carbocycles. The lowest BCUT2D eigenvalue weighted by Crippen LogP contribution is -2.17. The van der Waals surface area contributed by atoms with Gasteiger partial charge in [0.05, 0.1) is 0 Å². The highest BCUT2D eigenvalue weighted by Gasteiger charge is 2.12. The van der Waals surface area contributed by atoms with Gasteiger partial charge in [-0.2, -0.15) is 0 Å². The van der Waals surface area contributed by atoms with Gasteiger partial charge in [0.25, 0.3) is 0 Å². The number of carboxylic acids is 1. The third kappa shape index (κ3) is 34.5. The highest BCUT2D eigenvalue weighted by atomic mass is 16.5. The van der Waals surface area contributed by atoms with Crippen LogP contribution < -0.4 is 0 Å². The van der Waals surface area contributed by atoms with Crippen molar-refractivity contribution in [3.05, 3.63) is 36.5 Å². The van der Waals surface area contributed by atoms with Gasteiger partial charge in [-0.1, -0.05) is 127 Å². The van der Waals surface area contributed by atoms with Crippen LogP contribution in [-0.2, 0) is 14.3 Å². The maximum atomic E-state index is 12.3. The summed E-state index contributed by atoms with van der Waals surface area (Å²) in [5.74, 6) is -0.694. The number of aliphatic carboxylic acids is 1. The normalized spacial score (nSPS) is 12.6. The largest absolute Gasteiger partial charge is 0.481 e. The Hall–Kier alpha value is -1.84. The molecule has 0 aliphatic heterocycles. The van der Waals surface area contributed by atoms with Gasteiger partial charge in [0.15, 0.2) is 0 Å². The first-order chi connectivity index (χ1) is 21.1. The van der Waals surface area contributed by atoms with Crippen molar-refractivity contribution in [3.8, 4) is 0 Å². The summed E-state index contributed by atoms with van der Waals surface area (Å²) in [6.45, 7) is 4.37. The van der Waals surface area contributed by atoms with Crippen molar-refractivity contribution < 1.29 is 19.4 Å². The minimum Gasteiger partial charge on any atom is -0.481 e. The Labute approximate surface area is 267 Å². The number of hydrogen-bond acceptors (Lipinski definition) is 3. The SMILES string of the molecule is CCCCC/C=C\C/C=C\CCCC/C=C\CCCCCCCC(=O)OC(CC)CCCCCCCCCCCC(=O)O. The van der Waals surface area contributed by atoms with Crippen molar-refractivity contribution in [3.63, 3.8) is 0 Å².